The number of halogens is 1. The zero-order chi connectivity index (χ0) is 23.4. The van der Waals surface area contributed by atoms with Crippen LogP contribution in [0.5, 0.6) is 11.6 Å². The molecule has 0 aliphatic heterocycles. The number of aliphatic carboxylic acids is 1. The third-order valence-electron chi connectivity index (χ3n) is 5.33. The van der Waals surface area contributed by atoms with Gasteiger partial charge in [0, 0.05) is 6.07 Å². The molecule has 2 N–H and O–H groups in total. The Morgan fingerprint density at radius 3 is 2.70 bits per heavy atom. The fourth-order valence-corrected chi connectivity index (χ4v) is 3.38. The molecule has 0 bridgehead atoms. The van der Waals surface area contributed by atoms with E-state index in [0.29, 0.717) is 23.8 Å². The lowest BCUT2D eigenvalue weighted by atomic mass is 10.0. The van der Waals surface area contributed by atoms with E-state index in [9.17, 15) is 19.1 Å². The smallest absolute Gasteiger partial charge is 0.305 e. The van der Waals surface area contributed by atoms with Crippen molar-refractivity contribution in [1.29, 1.82) is 0 Å². The molecule has 2 aromatic carbocycles. The first-order valence-corrected chi connectivity index (χ1v) is 10.6. The maximum absolute atomic E-state index is 14.4. The highest BCUT2D eigenvalue weighted by Gasteiger charge is 2.26. The summed E-state index contributed by atoms with van der Waals surface area (Å²) in [5.41, 5.74) is 0.711. The van der Waals surface area contributed by atoms with Crippen molar-refractivity contribution in [3.05, 3.63) is 71.7 Å². The maximum atomic E-state index is 14.4. The minimum absolute atomic E-state index is 0.0117. The topological polar surface area (TPSA) is 103 Å². The number of rotatable bonds is 10. The van der Waals surface area contributed by atoms with Crippen LogP contribution in [0.1, 0.15) is 41.4 Å². The molecule has 0 spiro atoms. The number of benzene rings is 2. The molecule has 4 rings (SSSR count). The first-order valence-electron chi connectivity index (χ1n) is 10.6. The number of nitrogens with one attached hydrogen (secondary N) is 1. The molecule has 0 saturated heterocycles. The molecule has 1 aliphatic rings. The number of carboxylic acids is 1. The van der Waals surface area contributed by atoms with Crippen LogP contribution in [0.25, 0.3) is 5.69 Å². The van der Waals surface area contributed by atoms with E-state index in [1.165, 1.54) is 30.0 Å². The van der Waals surface area contributed by atoms with Gasteiger partial charge in [-0.1, -0.05) is 24.3 Å². The number of para-hydroxylation sites is 1. The predicted octanol–water partition coefficient (Wildman–Crippen LogP) is 3.75. The van der Waals surface area contributed by atoms with Gasteiger partial charge in [-0.3, -0.25) is 9.59 Å². The molecular formula is C24H24FN3O5. The summed E-state index contributed by atoms with van der Waals surface area (Å²) in [4.78, 5) is 24.5. The second-order valence-corrected chi connectivity index (χ2v) is 7.89. The Kier molecular flexibility index (Phi) is 6.58. The first kappa shape index (κ1) is 22.3. The van der Waals surface area contributed by atoms with Crippen LogP contribution in [0.4, 0.5) is 4.39 Å². The standard InChI is InChI=1S/C24H24FN3O5/c1-32-17-6-4-5-16(11-17)19(13-23(29)30)26-24(31)20-12-22(33-14-15-9-10-15)28(27-20)21-8-3-2-7-18(21)25/h2-8,11-12,15,19H,9-10,13-14H2,1H3,(H,26,31)(H,29,30)/t19-/m0/s1. The van der Waals surface area contributed by atoms with Gasteiger partial charge in [-0.15, -0.1) is 0 Å². The van der Waals surface area contributed by atoms with Crippen molar-refractivity contribution in [2.24, 2.45) is 5.92 Å². The second kappa shape index (κ2) is 9.72. The number of methoxy groups -OCH3 is 1. The molecule has 1 heterocycles. The van der Waals surface area contributed by atoms with Crippen LogP contribution in [-0.2, 0) is 4.79 Å². The van der Waals surface area contributed by atoms with Gasteiger partial charge in [-0.05, 0) is 48.6 Å². The molecule has 9 heteroatoms. The summed E-state index contributed by atoms with van der Waals surface area (Å²) in [5.74, 6) is -0.961. The van der Waals surface area contributed by atoms with Crippen molar-refractivity contribution in [3.8, 4) is 17.3 Å². The van der Waals surface area contributed by atoms with Gasteiger partial charge in [0.25, 0.3) is 5.91 Å². The molecule has 8 nitrogen and oxygen atoms in total. The number of aromatic nitrogens is 2. The highest BCUT2D eigenvalue weighted by molar-refractivity contribution is 5.93. The lowest BCUT2D eigenvalue weighted by molar-refractivity contribution is -0.137. The predicted molar refractivity (Wildman–Crippen MR) is 117 cm³/mol. The lowest BCUT2D eigenvalue weighted by Crippen LogP contribution is -2.30. The van der Waals surface area contributed by atoms with Crippen LogP contribution in [-0.4, -0.2) is 40.5 Å². The van der Waals surface area contributed by atoms with Crippen LogP contribution >= 0.6 is 0 Å². The average molecular weight is 453 g/mol. The quantitative estimate of drug-likeness (QED) is 0.485. The third-order valence-corrected chi connectivity index (χ3v) is 5.33. The number of carbonyl (C=O) groups excluding carboxylic acids is 1. The second-order valence-electron chi connectivity index (χ2n) is 7.89. The largest absolute Gasteiger partial charge is 0.497 e. The summed E-state index contributed by atoms with van der Waals surface area (Å²) >= 11 is 0. The molecular weight excluding hydrogens is 429 g/mol. The normalized spacial score (nSPS) is 13.9. The third kappa shape index (κ3) is 5.49. The molecule has 0 radical (unpaired) electrons. The minimum Gasteiger partial charge on any atom is -0.497 e. The number of carbonyl (C=O) groups is 2. The van der Waals surface area contributed by atoms with Crippen LogP contribution in [0.2, 0.25) is 0 Å². The van der Waals surface area contributed by atoms with Crippen LogP contribution < -0.4 is 14.8 Å². The molecule has 1 atom stereocenters. The molecule has 1 aliphatic carbocycles. The van der Waals surface area contributed by atoms with Gasteiger partial charge < -0.3 is 19.9 Å². The van der Waals surface area contributed by atoms with Crippen molar-refractivity contribution >= 4 is 11.9 Å². The summed E-state index contributed by atoms with van der Waals surface area (Å²) in [5, 5.41) is 16.3. The van der Waals surface area contributed by atoms with Gasteiger partial charge in [0.05, 0.1) is 26.2 Å². The summed E-state index contributed by atoms with van der Waals surface area (Å²) in [6.07, 6.45) is 1.80. The lowest BCUT2D eigenvalue weighted by Gasteiger charge is -2.17. The zero-order valence-electron chi connectivity index (χ0n) is 18.0. The summed E-state index contributed by atoms with van der Waals surface area (Å²) in [6.45, 7) is 0.451. The Morgan fingerprint density at radius 2 is 2.00 bits per heavy atom. The van der Waals surface area contributed by atoms with E-state index >= 15 is 0 Å². The zero-order valence-corrected chi connectivity index (χ0v) is 18.0. The van der Waals surface area contributed by atoms with E-state index in [2.05, 4.69) is 10.4 Å². The number of amides is 1. The van der Waals surface area contributed by atoms with Gasteiger partial charge in [-0.2, -0.15) is 9.78 Å². The van der Waals surface area contributed by atoms with Gasteiger partial charge >= 0.3 is 5.97 Å². The first-order chi connectivity index (χ1) is 15.9. The summed E-state index contributed by atoms with van der Waals surface area (Å²) < 4.78 is 26.7. The Labute approximate surface area is 189 Å². The Hall–Kier alpha value is -3.88. The molecule has 172 valence electrons. The molecule has 0 unspecified atom stereocenters. The molecule has 1 saturated carbocycles. The Balaban J connectivity index is 1.62. The van der Waals surface area contributed by atoms with Crippen molar-refractivity contribution in [1.82, 2.24) is 15.1 Å². The number of carboxylic acid groups (broad SMARTS) is 1. The fourth-order valence-electron chi connectivity index (χ4n) is 3.38. The van der Waals surface area contributed by atoms with Crippen LogP contribution in [0.3, 0.4) is 0 Å². The minimum atomic E-state index is -1.08. The summed E-state index contributed by atoms with van der Waals surface area (Å²) in [7, 11) is 1.50. The van der Waals surface area contributed by atoms with Crippen LogP contribution in [0, 0.1) is 11.7 Å². The maximum Gasteiger partial charge on any atom is 0.305 e. The molecule has 3 aromatic rings. The van der Waals surface area contributed by atoms with Gasteiger partial charge in [-0.25, -0.2) is 4.39 Å². The monoisotopic (exact) mass is 453 g/mol. The highest BCUT2D eigenvalue weighted by atomic mass is 19.1. The van der Waals surface area contributed by atoms with Gasteiger partial charge in [0.1, 0.15) is 17.3 Å². The molecule has 1 amide bonds. The SMILES string of the molecule is COc1cccc([C@H](CC(=O)O)NC(=O)c2cc(OCC3CC3)n(-c3ccccc3F)n2)c1. The van der Waals surface area contributed by atoms with E-state index in [1.807, 2.05) is 0 Å². The number of ether oxygens (including phenoxy) is 2. The van der Waals surface area contributed by atoms with Crippen molar-refractivity contribution in [3.63, 3.8) is 0 Å². The highest BCUT2D eigenvalue weighted by Crippen LogP contribution is 2.31. The van der Waals surface area contributed by atoms with E-state index in [1.54, 1.807) is 36.4 Å². The number of nitrogens with zero attached hydrogens (tertiary/aromatic N) is 2. The summed E-state index contributed by atoms with van der Waals surface area (Å²) in [6, 6.07) is 13.5. The van der Waals surface area contributed by atoms with Crippen molar-refractivity contribution in [2.75, 3.05) is 13.7 Å². The van der Waals surface area contributed by atoms with Gasteiger partial charge in [0.15, 0.2) is 5.69 Å². The fraction of sp³-hybridized carbons (Fsp3) is 0.292. The number of hydrogen-bond donors (Lipinski definition) is 2. The Morgan fingerprint density at radius 1 is 1.21 bits per heavy atom. The van der Waals surface area contributed by atoms with Crippen molar-refractivity contribution in [2.45, 2.75) is 25.3 Å². The molecule has 1 aromatic heterocycles. The van der Waals surface area contributed by atoms with E-state index < -0.39 is 23.7 Å². The Bertz CT molecular complexity index is 1160. The van der Waals surface area contributed by atoms with E-state index in [0.717, 1.165) is 12.8 Å². The average Bonchev–Trinajstić information content (AvgIpc) is 3.54. The molecule has 33 heavy (non-hydrogen) atoms. The van der Waals surface area contributed by atoms with E-state index in [4.69, 9.17) is 9.47 Å². The van der Waals surface area contributed by atoms with Crippen LogP contribution in [0.15, 0.2) is 54.6 Å². The number of hydrogen-bond acceptors (Lipinski definition) is 5. The molecule has 1 fully saturated rings. The van der Waals surface area contributed by atoms with Gasteiger partial charge in [0.2, 0.25) is 5.88 Å². The van der Waals surface area contributed by atoms with Crippen molar-refractivity contribution < 1.29 is 28.6 Å². The van der Waals surface area contributed by atoms with E-state index in [-0.39, 0.29) is 23.7 Å².